The maximum atomic E-state index is 13.5. The van der Waals surface area contributed by atoms with Gasteiger partial charge in [-0.2, -0.15) is 0 Å². The van der Waals surface area contributed by atoms with Crippen LogP contribution in [0.25, 0.3) is 11.0 Å². The molecule has 13 heteroatoms. The molecule has 0 aliphatic carbocycles. The molecular weight excluding hydrogens is 570 g/mol. The van der Waals surface area contributed by atoms with Gasteiger partial charge in [-0.15, -0.1) is 0 Å². The first-order valence-corrected chi connectivity index (χ1v) is 14.6. The van der Waals surface area contributed by atoms with Crippen LogP contribution in [0, 0.1) is 0 Å². The molecule has 0 fully saturated rings. The lowest BCUT2D eigenvalue weighted by Crippen LogP contribution is -2.29. The van der Waals surface area contributed by atoms with Crippen molar-refractivity contribution < 1.29 is 23.1 Å². The smallest absolute Gasteiger partial charge is 0.263 e. The topological polar surface area (TPSA) is 159 Å². The normalized spacial score (nSPS) is 11.3. The Labute approximate surface area is 248 Å². The maximum absolute atomic E-state index is 13.5. The van der Waals surface area contributed by atoms with E-state index < -0.39 is 10.0 Å². The monoisotopic (exact) mass is 599 g/mol. The highest BCUT2D eigenvalue weighted by molar-refractivity contribution is 7.92. The number of nitrogens with one attached hydrogen (secondary N) is 3. The lowest BCUT2D eigenvalue weighted by Gasteiger charge is -2.17. The number of carbonyl (C=O) groups excluding carboxylic acids is 1. The molecule has 0 spiro atoms. The van der Waals surface area contributed by atoms with E-state index in [9.17, 15) is 18.3 Å². The molecule has 0 bridgehead atoms. The molecule has 43 heavy (non-hydrogen) atoms. The number of methoxy groups -OCH3 is 1. The van der Waals surface area contributed by atoms with Crippen LogP contribution < -0.4 is 20.1 Å². The van der Waals surface area contributed by atoms with Crippen LogP contribution in [0.3, 0.4) is 0 Å². The minimum atomic E-state index is -4.18. The number of fused-ring (bicyclic) bond motifs is 1. The lowest BCUT2D eigenvalue weighted by molar-refractivity contribution is -0.117. The number of para-hydroxylation sites is 2. The average Bonchev–Trinajstić information content (AvgIpc) is 2.97. The van der Waals surface area contributed by atoms with Crippen molar-refractivity contribution in [1.29, 1.82) is 0 Å². The maximum Gasteiger partial charge on any atom is 0.263 e. The number of hydrogen-bond acceptors (Lipinski definition) is 10. The molecule has 1 amide bonds. The number of sulfonamides is 1. The molecule has 4 N–H and O–H groups in total. The summed E-state index contributed by atoms with van der Waals surface area (Å²) in [6.07, 6.45) is 3.42. The fourth-order valence-corrected chi connectivity index (χ4v) is 5.36. The van der Waals surface area contributed by atoms with Crippen molar-refractivity contribution in [2.24, 2.45) is 0 Å². The highest BCUT2D eigenvalue weighted by atomic mass is 32.2. The van der Waals surface area contributed by atoms with Crippen molar-refractivity contribution in [3.8, 4) is 11.5 Å². The Morgan fingerprint density at radius 1 is 0.930 bits per heavy atom. The van der Waals surface area contributed by atoms with Gasteiger partial charge in [0.05, 0.1) is 29.6 Å². The summed E-state index contributed by atoms with van der Waals surface area (Å²) in [5.74, 6) is 0.0752. The minimum absolute atomic E-state index is 0.0557. The van der Waals surface area contributed by atoms with E-state index in [2.05, 4.69) is 30.3 Å². The molecule has 0 saturated carbocycles. The fourth-order valence-electron chi connectivity index (χ4n) is 4.30. The molecule has 12 nitrogen and oxygen atoms in total. The molecule has 2 aromatic heterocycles. The van der Waals surface area contributed by atoms with Crippen LogP contribution in [0.15, 0.2) is 96.2 Å². The van der Waals surface area contributed by atoms with E-state index in [0.29, 0.717) is 34.7 Å². The molecule has 0 saturated heterocycles. The standard InChI is InChI=1S/C30H29N7O5S/c1-37(18-20-7-6-12-31-17-20)19-28(39)32-21-8-5-9-25(15-21)43(40,41)36-30-29(34-26-10-3-4-11-27(26)35-30)33-22-13-23(38)16-24(14-22)42-2/h3-17,38H,18-19H2,1-2H3,(H,32,39)(H,33,34)(H,35,36). The van der Waals surface area contributed by atoms with E-state index in [-0.39, 0.29) is 34.7 Å². The predicted molar refractivity (Wildman–Crippen MR) is 164 cm³/mol. The molecule has 2 heterocycles. The van der Waals surface area contributed by atoms with Crippen molar-refractivity contribution >= 4 is 50.0 Å². The van der Waals surface area contributed by atoms with E-state index in [0.717, 1.165) is 5.56 Å². The quantitative estimate of drug-likeness (QED) is 0.172. The average molecular weight is 600 g/mol. The molecule has 0 aliphatic rings. The van der Waals surface area contributed by atoms with E-state index in [4.69, 9.17) is 4.74 Å². The van der Waals surface area contributed by atoms with Crippen molar-refractivity contribution in [3.63, 3.8) is 0 Å². The first-order valence-electron chi connectivity index (χ1n) is 13.1. The molecule has 0 radical (unpaired) electrons. The Balaban J connectivity index is 1.36. The third-order valence-electron chi connectivity index (χ3n) is 6.21. The molecular formula is C30H29N7O5S. The number of phenolic OH excluding ortho intramolecular Hbond substituents is 1. The summed E-state index contributed by atoms with van der Waals surface area (Å²) in [5, 5.41) is 15.9. The predicted octanol–water partition coefficient (Wildman–Crippen LogP) is 4.35. The van der Waals surface area contributed by atoms with Gasteiger partial charge in [-0.1, -0.05) is 24.3 Å². The number of aromatic nitrogens is 3. The third kappa shape index (κ3) is 7.52. The summed E-state index contributed by atoms with van der Waals surface area (Å²) >= 11 is 0. The minimum Gasteiger partial charge on any atom is -0.508 e. The Kier molecular flexibility index (Phi) is 8.64. The van der Waals surface area contributed by atoms with Crippen LogP contribution in [0.1, 0.15) is 5.56 Å². The number of amides is 1. The summed E-state index contributed by atoms with van der Waals surface area (Å²) in [6.45, 7) is 0.615. The van der Waals surface area contributed by atoms with E-state index in [1.54, 1.807) is 55.8 Å². The van der Waals surface area contributed by atoms with Crippen LogP contribution in [0.5, 0.6) is 11.5 Å². The second-order valence-electron chi connectivity index (χ2n) is 9.67. The van der Waals surface area contributed by atoms with Gasteiger partial charge < -0.3 is 20.5 Å². The highest BCUT2D eigenvalue weighted by Crippen LogP contribution is 2.31. The fraction of sp³-hybridized carbons (Fsp3) is 0.133. The van der Waals surface area contributed by atoms with Crippen LogP contribution in [-0.4, -0.2) is 60.0 Å². The van der Waals surface area contributed by atoms with Crippen molar-refractivity contribution in [2.45, 2.75) is 11.4 Å². The van der Waals surface area contributed by atoms with Gasteiger partial charge >= 0.3 is 0 Å². The number of carbonyl (C=O) groups is 1. The molecule has 0 atom stereocenters. The zero-order valence-electron chi connectivity index (χ0n) is 23.4. The summed E-state index contributed by atoms with van der Waals surface area (Å²) < 4.78 is 34.8. The second-order valence-corrected chi connectivity index (χ2v) is 11.4. The summed E-state index contributed by atoms with van der Waals surface area (Å²) in [5.41, 5.74) is 2.68. The molecule has 3 aromatic carbocycles. The summed E-state index contributed by atoms with van der Waals surface area (Å²) in [4.78, 5) is 27.6. The Bertz CT molecular complexity index is 1870. The van der Waals surface area contributed by atoms with Gasteiger partial charge in [-0.05, 0) is 49.0 Å². The molecule has 5 aromatic rings. The zero-order chi connectivity index (χ0) is 30.4. The SMILES string of the molecule is COc1cc(O)cc(Nc2nc3ccccc3nc2NS(=O)(=O)c2cccc(NC(=O)CN(C)Cc3cccnc3)c2)c1. The highest BCUT2D eigenvalue weighted by Gasteiger charge is 2.20. The van der Waals surface area contributed by atoms with E-state index >= 15 is 0 Å². The van der Waals surface area contributed by atoms with Gasteiger partial charge in [-0.3, -0.25) is 19.4 Å². The Morgan fingerprint density at radius 3 is 2.42 bits per heavy atom. The van der Waals surface area contributed by atoms with Gasteiger partial charge in [0.25, 0.3) is 10.0 Å². The van der Waals surface area contributed by atoms with Crippen LogP contribution in [0.2, 0.25) is 0 Å². The van der Waals surface area contributed by atoms with Crippen molar-refractivity contribution in [2.75, 3.05) is 36.1 Å². The van der Waals surface area contributed by atoms with E-state index in [1.165, 1.54) is 37.4 Å². The number of phenols is 1. The number of nitrogens with zero attached hydrogens (tertiary/aromatic N) is 4. The number of likely N-dealkylation sites (N-methyl/N-ethyl adjacent to an activating group) is 1. The molecule has 0 unspecified atom stereocenters. The molecule has 0 aliphatic heterocycles. The molecule has 5 rings (SSSR count). The van der Waals surface area contributed by atoms with Crippen LogP contribution >= 0.6 is 0 Å². The third-order valence-corrected chi connectivity index (χ3v) is 7.54. The van der Waals surface area contributed by atoms with Crippen molar-refractivity contribution in [1.82, 2.24) is 19.9 Å². The van der Waals surface area contributed by atoms with Gasteiger partial charge in [-0.25, -0.2) is 18.4 Å². The largest absolute Gasteiger partial charge is 0.508 e. The Hall–Kier alpha value is -5.27. The van der Waals surface area contributed by atoms with Gasteiger partial charge in [0.15, 0.2) is 11.6 Å². The second kappa shape index (κ2) is 12.7. The Morgan fingerprint density at radius 2 is 1.70 bits per heavy atom. The summed E-state index contributed by atoms with van der Waals surface area (Å²) in [6, 6.07) is 21.2. The number of aromatic hydroxyl groups is 1. The molecule has 220 valence electrons. The number of rotatable bonds is 11. The van der Waals surface area contributed by atoms with Crippen molar-refractivity contribution in [3.05, 3.63) is 96.8 Å². The van der Waals surface area contributed by atoms with Crippen LogP contribution in [-0.2, 0) is 21.4 Å². The van der Waals surface area contributed by atoms with Crippen LogP contribution in [0.4, 0.5) is 23.0 Å². The number of anilines is 4. The number of ether oxygens (including phenoxy) is 1. The number of pyridine rings is 1. The summed E-state index contributed by atoms with van der Waals surface area (Å²) in [7, 11) is -0.905. The van der Waals surface area contributed by atoms with E-state index in [1.807, 2.05) is 17.0 Å². The number of hydrogen-bond donors (Lipinski definition) is 4. The first-order chi connectivity index (χ1) is 20.7. The van der Waals surface area contributed by atoms with Gasteiger partial charge in [0.2, 0.25) is 5.91 Å². The number of benzene rings is 3. The van der Waals surface area contributed by atoms with Gasteiger partial charge in [0, 0.05) is 48.5 Å². The first kappa shape index (κ1) is 29.2. The zero-order valence-corrected chi connectivity index (χ0v) is 24.2. The lowest BCUT2D eigenvalue weighted by atomic mass is 10.2. The van der Waals surface area contributed by atoms with Gasteiger partial charge in [0.1, 0.15) is 11.5 Å².